The fourth-order valence-corrected chi connectivity index (χ4v) is 1.74. The first-order valence-corrected chi connectivity index (χ1v) is 5.75. The molecular weight excluding hydrogens is 226 g/mol. The van der Waals surface area contributed by atoms with Crippen molar-refractivity contribution in [3.63, 3.8) is 0 Å². The Morgan fingerprint density at radius 3 is 2.53 bits per heavy atom. The van der Waals surface area contributed by atoms with Gasteiger partial charge in [0.2, 0.25) is 0 Å². The molecule has 17 heavy (non-hydrogen) atoms. The number of aliphatic hydroxyl groups is 1. The molecule has 0 bridgehead atoms. The predicted molar refractivity (Wildman–Crippen MR) is 60.7 cm³/mol. The number of hydrogen-bond donors (Lipinski definition) is 5. The summed E-state index contributed by atoms with van der Waals surface area (Å²) in [5.74, 6) is -1.14. The van der Waals surface area contributed by atoms with E-state index in [2.05, 4.69) is 16.0 Å². The van der Waals surface area contributed by atoms with Gasteiger partial charge < -0.3 is 26.2 Å². The zero-order valence-corrected chi connectivity index (χ0v) is 9.61. The van der Waals surface area contributed by atoms with Crippen molar-refractivity contribution in [1.82, 2.24) is 16.0 Å². The summed E-state index contributed by atoms with van der Waals surface area (Å²) < 4.78 is 0. The quantitative estimate of drug-likeness (QED) is 0.421. The Morgan fingerprint density at radius 2 is 2.00 bits per heavy atom. The van der Waals surface area contributed by atoms with E-state index in [1.165, 1.54) is 0 Å². The van der Waals surface area contributed by atoms with E-state index >= 15 is 0 Å². The minimum absolute atomic E-state index is 0.00890. The highest BCUT2D eigenvalue weighted by molar-refractivity contribution is 5.82. The lowest BCUT2D eigenvalue weighted by Gasteiger charge is -2.24. The van der Waals surface area contributed by atoms with E-state index in [-0.39, 0.29) is 19.1 Å². The van der Waals surface area contributed by atoms with Gasteiger partial charge in [-0.05, 0) is 25.9 Å². The van der Waals surface area contributed by atoms with E-state index in [9.17, 15) is 9.59 Å². The zero-order valence-electron chi connectivity index (χ0n) is 9.61. The average Bonchev–Trinajstić information content (AvgIpc) is 2.29. The number of aliphatic hydroxyl groups excluding tert-OH is 1. The Bertz CT molecular complexity index is 266. The number of amides is 2. The Kier molecular flexibility index (Phi) is 5.71. The fourth-order valence-electron chi connectivity index (χ4n) is 1.74. The molecule has 0 spiro atoms. The van der Waals surface area contributed by atoms with Crippen molar-refractivity contribution < 1.29 is 19.8 Å². The molecular formula is C10H19N3O4. The number of aliphatic carboxylic acids is 1. The van der Waals surface area contributed by atoms with Crippen molar-refractivity contribution in [3.8, 4) is 0 Å². The van der Waals surface area contributed by atoms with Crippen molar-refractivity contribution >= 4 is 12.0 Å². The molecule has 1 fully saturated rings. The first-order valence-electron chi connectivity index (χ1n) is 5.75. The van der Waals surface area contributed by atoms with Gasteiger partial charge >= 0.3 is 12.0 Å². The highest BCUT2D eigenvalue weighted by atomic mass is 16.4. The number of carbonyl (C=O) groups is 2. The molecule has 0 aromatic carbocycles. The number of piperidine rings is 1. The average molecular weight is 245 g/mol. The van der Waals surface area contributed by atoms with Gasteiger partial charge in [0.1, 0.15) is 6.04 Å². The zero-order chi connectivity index (χ0) is 12.7. The highest BCUT2D eigenvalue weighted by Gasteiger charge is 2.21. The molecule has 0 saturated carbocycles. The van der Waals surface area contributed by atoms with Crippen molar-refractivity contribution in [2.24, 2.45) is 0 Å². The SMILES string of the molecule is O=C(NC1CCNCC1)NC(CCO)C(=O)O. The normalized spacial score (nSPS) is 18.4. The Hall–Kier alpha value is -1.34. The van der Waals surface area contributed by atoms with E-state index in [1.54, 1.807) is 0 Å². The topological polar surface area (TPSA) is 111 Å². The van der Waals surface area contributed by atoms with Crippen molar-refractivity contribution in [2.75, 3.05) is 19.7 Å². The second-order valence-electron chi connectivity index (χ2n) is 4.05. The molecule has 7 heteroatoms. The summed E-state index contributed by atoms with van der Waals surface area (Å²) in [4.78, 5) is 22.3. The van der Waals surface area contributed by atoms with Crippen LogP contribution in [0.3, 0.4) is 0 Å². The van der Waals surface area contributed by atoms with Crippen molar-refractivity contribution in [2.45, 2.75) is 31.3 Å². The van der Waals surface area contributed by atoms with E-state index in [0.717, 1.165) is 25.9 Å². The lowest BCUT2D eigenvalue weighted by atomic mass is 10.1. The summed E-state index contributed by atoms with van der Waals surface area (Å²) in [6.45, 7) is 1.43. The number of urea groups is 1. The molecule has 1 saturated heterocycles. The maximum Gasteiger partial charge on any atom is 0.326 e. The number of nitrogens with one attached hydrogen (secondary N) is 3. The van der Waals surface area contributed by atoms with Crippen LogP contribution in [0.25, 0.3) is 0 Å². The van der Waals surface area contributed by atoms with Gasteiger partial charge in [-0.3, -0.25) is 0 Å². The summed E-state index contributed by atoms with van der Waals surface area (Å²) in [6.07, 6.45) is 1.69. The second-order valence-corrected chi connectivity index (χ2v) is 4.05. The van der Waals surface area contributed by atoms with Gasteiger partial charge in [-0.1, -0.05) is 0 Å². The molecule has 98 valence electrons. The molecule has 0 aromatic rings. The molecule has 0 aromatic heterocycles. The largest absolute Gasteiger partial charge is 0.480 e. The molecule has 0 radical (unpaired) electrons. The molecule has 1 heterocycles. The second kappa shape index (κ2) is 7.08. The van der Waals surface area contributed by atoms with Crippen LogP contribution in [-0.4, -0.2) is 54.0 Å². The van der Waals surface area contributed by atoms with Gasteiger partial charge in [-0.2, -0.15) is 0 Å². The smallest absolute Gasteiger partial charge is 0.326 e. The van der Waals surface area contributed by atoms with Crippen LogP contribution in [-0.2, 0) is 4.79 Å². The van der Waals surface area contributed by atoms with E-state index in [0.29, 0.717) is 0 Å². The molecule has 1 atom stereocenters. The van der Waals surface area contributed by atoms with Gasteiger partial charge in [0, 0.05) is 19.1 Å². The van der Waals surface area contributed by atoms with E-state index in [4.69, 9.17) is 10.2 Å². The molecule has 1 rings (SSSR count). The number of rotatable bonds is 5. The molecule has 5 N–H and O–H groups in total. The lowest BCUT2D eigenvalue weighted by Crippen LogP contribution is -2.51. The van der Waals surface area contributed by atoms with Crippen molar-refractivity contribution in [1.29, 1.82) is 0 Å². The minimum atomic E-state index is -1.14. The van der Waals surface area contributed by atoms with Crippen molar-refractivity contribution in [3.05, 3.63) is 0 Å². The highest BCUT2D eigenvalue weighted by Crippen LogP contribution is 2.01. The third-order valence-electron chi connectivity index (χ3n) is 2.70. The molecule has 1 unspecified atom stereocenters. The summed E-state index contributed by atoms with van der Waals surface area (Å²) in [5.41, 5.74) is 0. The van der Waals surface area contributed by atoms with Gasteiger partial charge in [0.25, 0.3) is 0 Å². The molecule has 0 aliphatic carbocycles. The number of hydrogen-bond acceptors (Lipinski definition) is 4. The first-order chi connectivity index (χ1) is 8.13. The first kappa shape index (κ1) is 13.7. The van der Waals surface area contributed by atoms with Gasteiger partial charge in [-0.15, -0.1) is 0 Å². The van der Waals surface area contributed by atoms with E-state index < -0.39 is 18.0 Å². The monoisotopic (exact) mass is 245 g/mol. The Balaban J connectivity index is 2.33. The van der Waals surface area contributed by atoms with Crippen LogP contribution in [0.4, 0.5) is 4.79 Å². The van der Waals surface area contributed by atoms with Crippen LogP contribution in [0.1, 0.15) is 19.3 Å². The molecule has 1 aliphatic heterocycles. The lowest BCUT2D eigenvalue weighted by molar-refractivity contribution is -0.139. The maximum absolute atomic E-state index is 11.5. The Morgan fingerprint density at radius 1 is 1.35 bits per heavy atom. The number of carbonyl (C=O) groups excluding carboxylic acids is 1. The maximum atomic E-state index is 11.5. The van der Waals surface area contributed by atoms with Gasteiger partial charge in [0.05, 0.1) is 0 Å². The summed E-state index contributed by atoms with van der Waals surface area (Å²) in [6, 6.07) is -1.45. The summed E-state index contributed by atoms with van der Waals surface area (Å²) >= 11 is 0. The number of carboxylic acid groups (broad SMARTS) is 1. The van der Waals surface area contributed by atoms with Crippen LogP contribution in [0.5, 0.6) is 0 Å². The fraction of sp³-hybridized carbons (Fsp3) is 0.800. The molecule has 1 aliphatic rings. The van der Waals surface area contributed by atoms with E-state index in [1.807, 2.05) is 0 Å². The third-order valence-corrected chi connectivity index (χ3v) is 2.70. The third kappa shape index (κ3) is 5.01. The van der Waals surface area contributed by atoms with Gasteiger partial charge in [-0.25, -0.2) is 9.59 Å². The molecule has 7 nitrogen and oxygen atoms in total. The standard InChI is InChI=1S/C10H19N3O4/c14-6-3-8(9(15)16)13-10(17)12-7-1-4-11-5-2-7/h7-8,11,14H,1-6H2,(H,15,16)(H2,12,13,17). The summed E-state index contributed by atoms with van der Waals surface area (Å²) in [7, 11) is 0. The number of carboxylic acids is 1. The van der Waals surface area contributed by atoms with Crippen LogP contribution < -0.4 is 16.0 Å². The Labute approximate surface area is 99.6 Å². The van der Waals surface area contributed by atoms with Crippen LogP contribution >= 0.6 is 0 Å². The summed E-state index contributed by atoms with van der Waals surface area (Å²) in [5, 5.41) is 25.7. The molecule has 2 amide bonds. The van der Waals surface area contributed by atoms with Crippen LogP contribution in [0.2, 0.25) is 0 Å². The van der Waals surface area contributed by atoms with Gasteiger partial charge in [0.15, 0.2) is 0 Å². The van der Waals surface area contributed by atoms with Crippen LogP contribution in [0.15, 0.2) is 0 Å². The predicted octanol–water partition coefficient (Wildman–Crippen LogP) is -1.13. The van der Waals surface area contributed by atoms with Crippen LogP contribution in [0, 0.1) is 0 Å². The minimum Gasteiger partial charge on any atom is -0.480 e.